The van der Waals surface area contributed by atoms with Crippen LogP contribution in [0.3, 0.4) is 0 Å². The molecule has 0 fully saturated rings. The van der Waals surface area contributed by atoms with Crippen LogP contribution in [-0.2, 0) is 15.6 Å². The number of rotatable bonds is 2. The normalized spacial score (nSPS) is 11.1. The molecular formula is C8H6ClFN2O2S. The Morgan fingerprint density at radius 1 is 1.53 bits per heavy atom. The van der Waals surface area contributed by atoms with Crippen molar-refractivity contribution >= 4 is 19.7 Å². The highest BCUT2D eigenvalue weighted by atomic mass is 35.7. The molecule has 1 rings (SSSR count). The van der Waals surface area contributed by atoms with Gasteiger partial charge in [-0.15, -0.1) is 0 Å². The predicted molar refractivity (Wildman–Crippen MR) is 52.0 cm³/mol. The molecule has 15 heavy (non-hydrogen) atoms. The van der Waals surface area contributed by atoms with Crippen molar-refractivity contribution in [2.45, 2.75) is 11.4 Å². The van der Waals surface area contributed by atoms with Gasteiger partial charge in [-0.1, -0.05) is 6.07 Å². The number of hydrogen-bond donors (Lipinski definition) is 1. The number of benzene rings is 1. The summed E-state index contributed by atoms with van der Waals surface area (Å²) in [7, 11) is 0.794. The van der Waals surface area contributed by atoms with Crippen LogP contribution in [0, 0.1) is 17.1 Å². The molecule has 0 aliphatic heterocycles. The van der Waals surface area contributed by atoms with Gasteiger partial charge in [-0.25, -0.2) is 12.8 Å². The molecule has 0 saturated heterocycles. The lowest BCUT2D eigenvalue weighted by Gasteiger charge is -2.04. The zero-order valence-electron chi connectivity index (χ0n) is 7.37. The molecule has 0 aliphatic carbocycles. The molecule has 0 atom stereocenters. The number of nitrogens with zero attached hydrogens (tertiary/aromatic N) is 1. The van der Waals surface area contributed by atoms with Gasteiger partial charge in [0.15, 0.2) is 5.82 Å². The van der Waals surface area contributed by atoms with Gasteiger partial charge in [0.25, 0.3) is 9.05 Å². The van der Waals surface area contributed by atoms with Crippen molar-refractivity contribution in [1.29, 1.82) is 5.26 Å². The van der Waals surface area contributed by atoms with Gasteiger partial charge in [0.05, 0.1) is 5.56 Å². The lowest BCUT2D eigenvalue weighted by molar-refractivity contribution is 0.571. The Bertz CT molecular complexity index is 536. The summed E-state index contributed by atoms with van der Waals surface area (Å²) in [6, 6.07) is 3.80. The van der Waals surface area contributed by atoms with E-state index in [-0.39, 0.29) is 17.7 Å². The van der Waals surface area contributed by atoms with Gasteiger partial charge in [0.2, 0.25) is 0 Å². The van der Waals surface area contributed by atoms with Crippen molar-refractivity contribution in [3.8, 4) is 6.07 Å². The third-order valence-corrected chi connectivity index (χ3v) is 3.13. The first-order valence-electron chi connectivity index (χ1n) is 3.78. The molecule has 4 nitrogen and oxygen atoms in total. The summed E-state index contributed by atoms with van der Waals surface area (Å²) in [5, 5.41) is 8.64. The SMILES string of the molecule is N#Cc1c(CN)ccc(S(=O)(=O)Cl)c1F. The molecule has 80 valence electrons. The second-order valence-electron chi connectivity index (χ2n) is 2.67. The Labute approximate surface area is 90.5 Å². The van der Waals surface area contributed by atoms with E-state index in [2.05, 4.69) is 0 Å². The lowest BCUT2D eigenvalue weighted by atomic mass is 10.1. The Morgan fingerprint density at radius 3 is 2.53 bits per heavy atom. The molecule has 0 aromatic heterocycles. The van der Waals surface area contributed by atoms with Crippen LogP contribution in [0.15, 0.2) is 17.0 Å². The molecule has 1 aromatic rings. The molecule has 0 amide bonds. The third kappa shape index (κ3) is 2.26. The first-order chi connectivity index (χ1) is 6.91. The minimum absolute atomic E-state index is 0.0531. The predicted octanol–water partition coefficient (Wildman–Crippen LogP) is 1.08. The summed E-state index contributed by atoms with van der Waals surface area (Å²) in [5.74, 6) is -1.16. The maximum Gasteiger partial charge on any atom is 0.264 e. The monoisotopic (exact) mass is 248 g/mol. The van der Waals surface area contributed by atoms with Gasteiger partial charge in [0, 0.05) is 17.2 Å². The largest absolute Gasteiger partial charge is 0.326 e. The van der Waals surface area contributed by atoms with Gasteiger partial charge in [-0.3, -0.25) is 0 Å². The second kappa shape index (κ2) is 4.14. The first-order valence-corrected chi connectivity index (χ1v) is 6.09. The van der Waals surface area contributed by atoms with Crippen molar-refractivity contribution in [2.24, 2.45) is 5.73 Å². The molecule has 0 heterocycles. The highest BCUT2D eigenvalue weighted by molar-refractivity contribution is 8.13. The van der Waals surface area contributed by atoms with E-state index in [0.717, 1.165) is 6.07 Å². The van der Waals surface area contributed by atoms with Crippen molar-refractivity contribution in [2.75, 3.05) is 0 Å². The number of nitriles is 1. The van der Waals surface area contributed by atoms with Crippen LogP contribution < -0.4 is 5.73 Å². The van der Waals surface area contributed by atoms with E-state index in [4.69, 9.17) is 21.7 Å². The molecule has 0 radical (unpaired) electrons. The standard InChI is InChI=1S/C8H6ClFN2O2S/c9-15(13,14)7-2-1-5(3-11)6(4-12)8(7)10/h1-2H,3,11H2. The van der Waals surface area contributed by atoms with E-state index >= 15 is 0 Å². The molecule has 1 aromatic carbocycles. The highest BCUT2D eigenvalue weighted by Gasteiger charge is 2.20. The molecular weight excluding hydrogens is 243 g/mol. The van der Waals surface area contributed by atoms with Gasteiger partial charge < -0.3 is 5.73 Å². The van der Waals surface area contributed by atoms with Crippen LogP contribution in [0.25, 0.3) is 0 Å². The topological polar surface area (TPSA) is 83.9 Å². The van der Waals surface area contributed by atoms with Crippen molar-refractivity contribution in [3.05, 3.63) is 29.1 Å². The Hall–Kier alpha value is -1.16. The van der Waals surface area contributed by atoms with Crippen LogP contribution in [0.1, 0.15) is 11.1 Å². The molecule has 0 aliphatic rings. The Balaban J connectivity index is 3.59. The van der Waals surface area contributed by atoms with Crippen LogP contribution in [0.2, 0.25) is 0 Å². The average Bonchev–Trinajstić information content (AvgIpc) is 2.15. The van der Waals surface area contributed by atoms with Crippen molar-refractivity contribution in [1.82, 2.24) is 0 Å². The maximum atomic E-state index is 13.5. The van der Waals surface area contributed by atoms with Gasteiger partial charge >= 0.3 is 0 Å². The van der Waals surface area contributed by atoms with Crippen LogP contribution in [0.4, 0.5) is 4.39 Å². The first kappa shape index (κ1) is 11.9. The summed E-state index contributed by atoms with van der Waals surface area (Å²) in [6.07, 6.45) is 0. The third-order valence-electron chi connectivity index (χ3n) is 1.79. The number of halogens is 2. The fraction of sp³-hybridized carbons (Fsp3) is 0.125. The van der Waals surface area contributed by atoms with E-state index < -0.39 is 19.8 Å². The minimum atomic E-state index is -4.19. The Kier molecular flexibility index (Phi) is 3.29. The second-order valence-corrected chi connectivity index (χ2v) is 5.20. The summed E-state index contributed by atoms with van der Waals surface area (Å²) in [6.45, 7) is -0.0531. The zero-order chi connectivity index (χ0) is 11.6. The van der Waals surface area contributed by atoms with E-state index in [9.17, 15) is 12.8 Å². The van der Waals surface area contributed by atoms with Gasteiger partial charge in [0.1, 0.15) is 11.0 Å². The van der Waals surface area contributed by atoms with Crippen molar-refractivity contribution < 1.29 is 12.8 Å². The molecule has 7 heteroatoms. The minimum Gasteiger partial charge on any atom is -0.326 e. The fourth-order valence-electron chi connectivity index (χ4n) is 1.08. The molecule has 0 spiro atoms. The van der Waals surface area contributed by atoms with Crippen LogP contribution in [-0.4, -0.2) is 8.42 Å². The summed E-state index contributed by atoms with van der Waals surface area (Å²) < 4.78 is 35.3. The van der Waals surface area contributed by atoms with E-state index in [1.807, 2.05) is 0 Å². The average molecular weight is 249 g/mol. The summed E-state index contributed by atoms with van der Waals surface area (Å²) in [4.78, 5) is -0.710. The molecule has 2 N–H and O–H groups in total. The number of nitrogens with two attached hydrogens (primary N) is 1. The zero-order valence-corrected chi connectivity index (χ0v) is 8.94. The van der Waals surface area contributed by atoms with E-state index in [1.54, 1.807) is 6.07 Å². The van der Waals surface area contributed by atoms with Crippen LogP contribution in [0.5, 0.6) is 0 Å². The molecule has 0 bridgehead atoms. The van der Waals surface area contributed by atoms with Gasteiger partial charge in [-0.2, -0.15) is 5.26 Å². The molecule has 0 saturated carbocycles. The van der Waals surface area contributed by atoms with E-state index in [1.165, 1.54) is 6.07 Å². The highest BCUT2D eigenvalue weighted by Crippen LogP contribution is 2.23. The quantitative estimate of drug-likeness (QED) is 0.794. The smallest absolute Gasteiger partial charge is 0.264 e. The van der Waals surface area contributed by atoms with Crippen molar-refractivity contribution in [3.63, 3.8) is 0 Å². The Morgan fingerprint density at radius 2 is 2.13 bits per heavy atom. The van der Waals surface area contributed by atoms with Gasteiger partial charge in [-0.05, 0) is 11.6 Å². The fourth-order valence-corrected chi connectivity index (χ4v) is 1.98. The van der Waals surface area contributed by atoms with Crippen LogP contribution >= 0.6 is 10.7 Å². The van der Waals surface area contributed by atoms with E-state index in [0.29, 0.717) is 0 Å². The summed E-state index contributed by atoms with van der Waals surface area (Å²) >= 11 is 0. The lowest BCUT2D eigenvalue weighted by Crippen LogP contribution is -2.05. The summed E-state index contributed by atoms with van der Waals surface area (Å²) in [5.41, 5.74) is 5.10. The molecule has 0 unspecified atom stereocenters. The maximum absolute atomic E-state index is 13.5. The number of hydrogen-bond acceptors (Lipinski definition) is 4.